The lowest BCUT2D eigenvalue weighted by atomic mass is 10.0. The van der Waals surface area contributed by atoms with Gasteiger partial charge < -0.3 is 5.32 Å². The first kappa shape index (κ1) is 20.3. The van der Waals surface area contributed by atoms with E-state index >= 15 is 0 Å². The number of nitrogens with one attached hydrogen (secondary N) is 1. The minimum Gasteiger partial charge on any atom is -0.325 e. The number of aryl methyl sites for hydroxylation is 1. The molecule has 1 amide bonds. The zero-order valence-corrected chi connectivity index (χ0v) is 17.8. The van der Waals surface area contributed by atoms with Crippen LogP contribution in [-0.2, 0) is 4.79 Å². The van der Waals surface area contributed by atoms with E-state index in [2.05, 4.69) is 53.6 Å². The largest absolute Gasteiger partial charge is 0.325 e. The van der Waals surface area contributed by atoms with Crippen molar-refractivity contribution in [2.24, 2.45) is 0 Å². The average molecular weight is 410 g/mol. The molecule has 2 heterocycles. The third-order valence-corrected chi connectivity index (χ3v) is 6.00. The summed E-state index contributed by atoms with van der Waals surface area (Å²) in [5.41, 5.74) is 4.14. The zero-order chi connectivity index (χ0) is 19.9. The molecule has 1 aromatic carbocycles. The molecule has 0 saturated carbocycles. The van der Waals surface area contributed by atoms with E-state index < -0.39 is 0 Å². The predicted molar refractivity (Wildman–Crippen MR) is 120 cm³/mol. The first-order valence-corrected chi connectivity index (χ1v) is 11.0. The summed E-state index contributed by atoms with van der Waals surface area (Å²) in [6.07, 6.45) is 5.75. The van der Waals surface area contributed by atoms with Crippen LogP contribution in [0.4, 0.5) is 5.69 Å². The van der Waals surface area contributed by atoms with Gasteiger partial charge in [-0.25, -0.2) is 9.97 Å². The van der Waals surface area contributed by atoms with E-state index in [0.717, 1.165) is 11.4 Å². The summed E-state index contributed by atoms with van der Waals surface area (Å²) in [5, 5.41) is 5.58. The van der Waals surface area contributed by atoms with Gasteiger partial charge in [-0.3, -0.25) is 4.79 Å². The quantitative estimate of drug-likeness (QED) is 0.391. The number of hydrogen-bond donors (Lipinski definition) is 1. The number of rotatable bonds is 7. The Labute approximate surface area is 174 Å². The Kier molecular flexibility index (Phi) is 7.01. The van der Waals surface area contributed by atoms with E-state index in [1.54, 1.807) is 17.5 Å². The lowest BCUT2D eigenvalue weighted by Gasteiger charge is -2.08. The molecule has 6 heteroatoms. The van der Waals surface area contributed by atoms with Crippen molar-refractivity contribution in [1.29, 1.82) is 0 Å². The summed E-state index contributed by atoms with van der Waals surface area (Å²) < 4.78 is 0. The molecule has 144 valence electrons. The summed E-state index contributed by atoms with van der Waals surface area (Å²) in [4.78, 5) is 22.2. The van der Waals surface area contributed by atoms with Gasteiger partial charge >= 0.3 is 0 Å². The number of carbonyl (C=O) groups is 1. The average Bonchev–Trinajstić information content (AvgIpc) is 3.10. The van der Waals surface area contributed by atoms with Crippen LogP contribution in [0, 0.1) is 6.92 Å². The van der Waals surface area contributed by atoms with Gasteiger partial charge in [-0.2, -0.15) is 0 Å². The molecular weight excluding hydrogens is 386 g/mol. The molecule has 4 nitrogen and oxygen atoms in total. The SMILES string of the molecule is Cc1ccsc1C=Cc1ccnc(SCC(=O)Nc2ccc(C(C)C)cc2)n1. The minimum atomic E-state index is -0.0685. The number of thioether (sulfide) groups is 1. The van der Waals surface area contributed by atoms with Gasteiger partial charge in [0.2, 0.25) is 5.91 Å². The van der Waals surface area contributed by atoms with Crippen LogP contribution in [0.25, 0.3) is 12.2 Å². The van der Waals surface area contributed by atoms with Gasteiger partial charge in [0, 0.05) is 16.8 Å². The maximum absolute atomic E-state index is 12.2. The normalized spacial score (nSPS) is 11.3. The summed E-state index contributed by atoms with van der Waals surface area (Å²) in [6, 6.07) is 11.9. The molecule has 0 radical (unpaired) electrons. The molecule has 0 aliphatic heterocycles. The van der Waals surface area contributed by atoms with Crippen LogP contribution < -0.4 is 5.32 Å². The minimum absolute atomic E-state index is 0.0685. The molecule has 0 aliphatic rings. The van der Waals surface area contributed by atoms with Crippen molar-refractivity contribution in [3.63, 3.8) is 0 Å². The van der Waals surface area contributed by atoms with Gasteiger partial charge in [0.1, 0.15) is 0 Å². The molecule has 28 heavy (non-hydrogen) atoms. The third kappa shape index (κ3) is 5.78. The third-order valence-electron chi connectivity index (χ3n) is 4.16. The molecule has 3 rings (SSSR count). The number of hydrogen-bond acceptors (Lipinski definition) is 5. The fraction of sp³-hybridized carbons (Fsp3) is 0.227. The molecule has 0 bridgehead atoms. The highest BCUT2D eigenvalue weighted by atomic mass is 32.2. The lowest BCUT2D eigenvalue weighted by molar-refractivity contribution is -0.113. The van der Waals surface area contributed by atoms with E-state index in [4.69, 9.17) is 0 Å². The number of anilines is 1. The van der Waals surface area contributed by atoms with Crippen LogP contribution in [-0.4, -0.2) is 21.6 Å². The van der Waals surface area contributed by atoms with Gasteiger partial charge in [0.25, 0.3) is 0 Å². The molecule has 2 aromatic heterocycles. The van der Waals surface area contributed by atoms with Crippen molar-refractivity contribution in [2.45, 2.75) is 31.8 Å². The second kappa shape index (κ2) is 9.66. The van der Waals surface area contributed by atoms with Crippen LogP contribution in [0.5, 0.6) is 0 Å². The predicted octanol–water partition coefficient (Wildman–Crippen LogP) is 5.87. The van der Waals surface area contributed by atoms with Crippen LogP contribution in [0.2, 0.25) is 0 Å². The van der Waals surface area contributed by atoms with Gasteiger partial charge in [0.15, 0.2) is 5.16 Å². The smallest absolute Gasteiger partial charge is 0.234 e. The molecule has 0 spiro atoms. The molecule has 1 N–H and O–H groups in total. The molecular formula is C22H23N3OS2. The van der Waals surface area contributed by atoms with Gasteiger partial charge in [-0.1, -0.05) is 37.7 Å². The summed E-state index contributed by atoms with van der Waals surface area (Å²) in [5.74, 6) is 0.673. The first-order valence-electron chi connectivity index (χ1n) is 9.09. The maximum Gasteiger partial charge on any atom is 0.234 e. The van der Waals surface area contributed by atoms with Crippen molar-refractivity contribution in [2.75, 3.05) is 11.1 Å². The Morgan fingerprint density at radius 2 is 1.96 bits per heavy atom. The highest BCUT2D eigenvalue weighted by molar-refractivity contribution is 7.99. The summed E-state index contributed by atoms with van der Waals surface area (Å²) >= 11 is 3.03. The Morgan fingerprint density at radius 1 is 1.18 bits per heavy atom. The summed E-state index contributed by atoms with van der Waals surface area (Å²) in [7, 11) is 0. The van der Waals surface area contributed by atoms with Crippen LogP contribution in [0.1, 0.15) is 41.5 Å². The second-order valence-electron chi connectivity index (χ2n) is 6.68. The molecule has 0 fully saturated rings. The van der Waals surface area contributed by atoms with E-state index in [9.17, 15) is 4.79 Å². The van der Waals surface area contributed by atoms with Crippen LogP contribution in [0.15, 0.2) is 53.1 Å². The number of thiophene rings is 1. The fourth-order valence-electron chi connectivity index (χ4n) is 2.51. The molecule has 0 saturated heterocycles. The number of nitrogens with zero attached hydrogens (tertiary/aromatic N) is 2. The monoisotopic (exact) mass is 409 g/mol. The van der Waals surface area contributed by atoms with Crippen LogP contribution in [0.3, 0.4) is 0 Å². The van der Waals surface area contributed by atoms with Crippen molar-refractivity contribution in [3.8, 4) is 0 Å². The number of carbonyl (C=O) groups excluding carboxylic acids is 1. The molecule has 0 aliphatic carbocycles. The lowest BCUT2D eigenvalue weighted by Crippen LogP contribution is -2.14. The Balaban J connectivity index is 1.54. The Morgan fingerprint density at radius 3 is 2.64 bits per heavy atom. The first-order chi connectivity index (χ1) is 13.5. The molecule has 0 atom stereocenters. The van der Waals surface area contributed by atoms with Gasteiger partial charge in [-0.05, 0) is 65.8 Å². The fourth-order valence-corrected chi connectivity index (χ4v) is 3.97. The number of aromatic nitrogens is 2. The highest BCUT2D eigenvalue weighted by Crippen LogP contribution is 2.20. The topological polar surface area (TPSA) is 54.9 Å². The molecule has 3 aromatic rings. The zero-order valence-electron chi connectivity index (χ0n) is 16.2. The Hall–Kier alpha value is -2.44. The van der Waals surface area contributed by atoms with Gasteiger partial charge in [0.05, 0.1) is 11.4 Å². The maximum atomic E-state index is 12.2. The standard InChI is InChI=1S/C22H23N3OS2/c1-15(2)17-4-6-18(7-5-17)24-21(26)14-28-22-23-12-10-19(25-22)8-9-20-16(3)11-13-27-20/h4-13,15H,14H2,1-3H3,(H,24,26). The van der Waals surface area contributed by atoms with E-state index in [0.29, 0.717) is 11.1 Å². The van der Waals surface area contributed by atoms with Crippen molar-refractivity contribution in [3.05, 3.63) is 69.7 Å². The van der Waals surface area contributed by atoms with Crippen molar-refractivity contribution < 1.29 is 4.79 Å². The number of amides is 1. The Bertz CT molecular complexity index is 962. The van der Waals surface area contributed by atoms with Crippen molar-refractivity contribution in [1.82, 2.24) is 9.97 Å². The van der Waals surface area contributed by atoms with E-state index in [1.165, 1.54) is 27.8 Å². The van der Waals surface area contributed by atoms with Crippen LogP contribution >= 0.6 is 23.1 Å². The number of benzene rings is 1. The van der Waals surface area contributed by atoms with E-state index in [-0.39, 0.29) is 11.7 Å². The second-order valence-corrected chi connectivity index (χ2v) is 8.57. The molecule has 0 unspecified atom stereocenters. The van der Waals surface area contributed by atoms with Crippen molar-refractivity contribution >= 4 is 46.8 Å². The summed E-state index contributed by atoms with van der Waals surface area (Å²) in [6.45, 7) is 6.39. The van der Waals surface area contributed by atoms with Gasteiger partial charge in [-0.15, -0.1) is 11.3 Å². The van der Waals surface area contributed by atoms with E-state index in [1.807, 2.05) is 36.4 Å². The highest BCUT2D eigenvalue weighted by Gasteiger charge is 2.07.